The van der Waals surface area contributed by atoms with Gasteiger partial charge < -0.3 is 5.32 Å². The monoisotopic (exact) mass is 383 g/mol. The Bertz CT molecular complexity index is 864. The van der Waals surface area contributed by atoms with Gasteiger partial charge in [0, 0.05) is 17.8 Å². The van der Waals surface area contributed by atoms with Gasteiger partial charge in [0.2, 0.25) is 17.7 Å². The lowest BCUT2D eigenvalue weighted by Crippen LogP contribution is -2.47. The van der Waals surface area contributed by atoms with Gasteiger partial charge in [-0.3, -0.25) is 29.4 Å². The number of imide groups is 1. The Labute approximate surface area is 161 Å². The molecule has 2 fully saturated rings. The molecule has 1 saturated carbocycles. The number of nitro benzene ring substituents is 1. The van der Waals surface area contributed by atoms with Crippen molar-refractivity contribution in [3.63, 3.8) is 0 Å². The molecule has 1 N–H and O–H groups in total. The molecule has 1 aromatic carbocycles. The van der Waals surface area contributed by atoms with Crippen LogP contribution in [0.4, 0.5) is 11.4 Å². The molecule has 2 bridgehead atoms. The Morgan fingerprint density at radius 2 is 1.82 bits per heavy atom. The fourth-order valence-electron chi connectivity index (χ4n) is 4.81. The van der Waals surface area contributed by atoms with Crippen LogP contribution >= 0.6 is 0 Å². The molecule has 5 atom stereocenters. The Hall–Kier alpha value is -3.03. The van der Waals surface area contributed by atoms with Crippen LogP contribution in [0.1, 0.15) is 26.2 Å². The molecule has 8 heteroatoms. The van der Waals surface area contributed by atoms with Crippen molar-refractivity contribution in [1.82, 2.24) is 4.90 Å². The van der Waals surface area contributed by atoms with Crippen LogP contribution in [-0.2, 0) is 14.4 Å². The molecular formula is C20H21N3O5. The van der Waals surface area contributed by atoms with Gasteiger partial charge >= 0.3 is 0 Å². The first-order chi connectivity index (χ1) is 13.4. The summed E-state index contributed by atoms with van der Waals surface area (Å²) in [6.07, 6.45) is 6.14. The van der Waals surface area contributed by atoms with Gasteiger partial charge in [-0.15, -0.1) is 0 Å². The lowest BCUT2D eigenvalue weighted by atomic mass is 9.63. The number of carbonyl (C=O) groups excluding carboxylic acids is 3. The van der Waals surface area contributed by atoms with Crippen molar-refractivity contribution in [2.75, 3.05) is 5.32 Å². The van der Waals surface area contributed by atoms with E-state index in [-0.39, 0.29) is 53.3 Å². The second kappa shape index (κ2) is 6.85. The molecule has 146 valence electrons. The van der Waals surface area contributed by atoms with E-state index in [1.54, 1.807) is 6.92 Å². The number of hydrogen-bond acceptors (Lipinski definition) is 5. The molecule has 0 spiro atoms. The van der Waals surface area contributed by atoms with Crippen LogP contribution in [0.2, 0.25) is 0 Å². The third-order valence-corrected chi connectivity index (χ3v) is 6.12. The first-order valence-electron chi connectivity index (χ1n) is 9.53. The summed E-state index contributed by atoms with van der Waals surface area (Å²) < 4.78 is 0. The molecule has 4 aliphatic rings. The fourth-order valence-corrected chi connectivity index (χ4v) is 4.81. The van der Waals surface area contributed by atoms with Gasteiger partial charge in [-0.1, -0.05) is 25.1 Å². The highest BCUT2D eigenvalue weighted by atomic mass is 16.6. The van der Waals surface area contributed by atoms with Crippen LogP contribution in [0.3, 0.4) is 0 Å². The molecule has 1 aliphatic heterocycles. The number of amides is 3. The van der Waals surface area contributed by atoms with Gasteiger partial charge in [-0.25, -0.2) is 0 Å². The molecule has 3 aliphatic carbocycles. The van der Waals surface area contributed by atoms with Crippen molar-refractivity contribution < 1.29 is 19.3 Å². The van der Waals surface area contributed by atoms with Crippen molar-refractivity contribution in [2.24, 2.45) is 23.7 Å². The maximum Gasteiger partial charge on any atom is 0.271 e. The van der Waals surface area contributed by atoms with E-state index in [0.29, 0.717) is 0 Å². The minimum Gasteiger partial charge on any atom is -0.324 e. The maximum absolute atomic E-state index is 13.0. The summed E-state index contributed by atoms with van der Waals surface area (Å²) >= 11 is 0. The van der Waals surface area contributed by atoms with Gasteiger partial charge in [0.05, 0.1) is 16.8 Å². The Balaban J connectivity index is 1.56. The fraction of sp³-hybridized carbons (Fsp3) is 0.450. The number of fused-ring (bicyclic) bond motifs is 1. The molecule has 1 saturated heterocycles. The predicted octanol–water partition coefficient (Wildman–Crippen LogP) is 2.51. The third kappa shape index (κ3) is 2.80. The molecule has 1 aromatic rings. The average Bonchev–Trinajstić information content (AvgIpc) is 2.97. The maximum atomic E-state index is 13.0. The van der Waals surface area contributed by atoms with E-state index in [4.69, 9.17) is 0 Å². The summed E-state index contributed by atoms with van der Waals surface area (Å²) in [6, 6.07) is 4.66. The number of rotatable bonds is 5. The summed E-state index contributed by atoms with van der Waals surface area (Å²) in [6.45, 7) is 1.74. The van der Waals surface area contributed by atoms with E-state index < -0.39 is 16.9 Å². The standard InChI is InChI=1S/C20H21N3O5/c1-2-15(18(24)21-13-4-3-5-14(10-13)23(27)28)22-19(25)16-11-6-7-12(9-8-11)17(16)20(22)26/h3-7,10-12,15-17H,2,8-9H2,1H3,(H,21,24)/t11-,12-,15+,16-,17+/m0/s1. The number of nitrogens with zero attached hydrogens (tertiary/aromatic N) is 2. The Morgan fingerprint density at radius 3 is 2.32 bits per heavy atom. The molecule has 5 rings (SSSR count). The summed E-state index contributed by atoms with van der Waals surface area (Å²) in [5, 5.41) is 13.5. The Morgan fingerprint density at radius 1 is 1.21 bits per heavy atom. The lowest BCUT2D eigenvalue weighted by Gasteiger charge is -2.38. The molecule has 0 radical (unpaired) electrons. The summed E-state index contributed by atoms with van der Waals surface area (Å²) in [5.74, 6) is -1.65. The number of non-ortho nitro benzene ring substituents is 1. The smallest absolute Gasteiger partial charge is 0.271 e. The Kier molecular flexibility index (Phi) is 4.49. The number of likely N-dealkylation sites (tertiary alicyclic amines) is 1. The molecule has 28 heavy (non-hydrogen) atoms. The molecular weight excluding hydrogens is 362 g/mol. The van der Waals surface area contributed by atoms with Crippen molar-refractivity contribution >= 4 is 29.1 Å². The lowest BCUT2D eigenvalue weighted by molar-refractivity contribution is -0.384. The van der Waals surface area contributed by atoms with Crippen LogP contribution in [0.5, 0.6) is 0 Å². The number of carbonyl (C=O) groups is 3. The number of allylic oxidation sites excluding steroid dienone is 2. The van der Waals surface area contributed by atoms with Gasteiger partial charge in [-0.05, 0) is 37.2 Å². The van der Waals surface area contributed by atoms with Crippen LogP contribution in [0.15, 0.2) is 36.4 Å². The summed E-state index contributed by atoms with van der Waals surface area (Å²) in [7, 11) is 0. The predicted molar refractivity (Wildman–Crippen MR) is 100.0 cm³/mol. The van der Waals surface area contributed by atoms with Crippen LogP contribution in [0.25, 0.3) is 0 Å². The van der Waals surface area contributed by atoms with Crippen LogP contribution in [-0.4, -0.2) is 33.6 Å². The zero-order chi connectivity index (χ0) is 20.0. The van der Waals surface area contributed by atoms with E-state index in [0.717, 1.165) is 17.7 Å². The molecule has 0 unspecified atom stereocenters. The van der Waals surface area contributed by atoms with Gasteiger partial charge in [0.15, 0.2) is 0 Å². The molecule has 1 heterocycles. The molecule has 8 nitrogen and oxygen atoms in total. The first kappa shape index (κ1) is 18.3. The quantitative estimate of drug-likeness (QED) is 0.364. The third-order valence-electron chi connectivity index (χ3n) is 6.12. The number of anilines is 1. The molecule has 3 amide bonds. The topological polar surface area (TPSA) is 110 Å². The SMILES string of the molecule is CC[C@H](C(=O)Nc1cccc([N+](=O)[O-])c1)N1C(=O)[C@@H]2[C@H](C1=O)[C@H]1C=C[C@H]2CC1. The van der Waals surface area contributed by atoms with Gasteiger partial charge in [0.1, 0.15) is 6.04 Å². The minimum atomic E-state index is -0.927. The van der Waals surface area contributed by atoms with Gasteiger partial charge in [0.25, 0.3) is 5.69 Å². The van der Waals surface area contributed by atoms with E-state index in [1.165, 1.54) is 24.3 Å². The van der Waals surface area contributed by atoms with Crippen LogP contribution < -0.4 is 5.32 Å². The molecule has 0 aromatic heterocycles. The van der Waals surface area contributed by atoms with E-state index >= 15 is 0 Å². The summed E-state index contributed by atoms with van der Waals surface area (Å²) in [4.78, 5) is 50.4. The van der Waals surface area contributed by atoms with Crippen molar-refractivity contribution in [1.29, 1.82) is 0 Å². The highest BCUT2D eigenvalue weighted by Gasteiger charge is 2.58. The number of benzene rings is 1. The normalized spacial score (nSPS) is 29.0. The van der Waals surface area contributed by atoms with E-state index in [1.807, 2.05) is 12.2 Å². The number of hydrogen-bond donors (Lipinski definition) is 1. The van der Waals surface area contributed by atoms with Gasteiger partial charge in [-0.2, -0.15) is 0 Å². The highest BCUT2D eigenvalue weighted by Crippen LogP contribution is 2.50. The second-order valence-corrected chi connectivity index (χ2v) is 7.61. The van der Waals surface area contributed by atoms with Crippen molar-refractivity contribution in [2.45, 2.75) is 32.2 Å². The zero-order valence-electron chi connectivity index (χ0n) is 15.4. The van der Waals surface area contributed by atoms with Crippen LogP contribution in [0, 0.1) is 33.8 Å². The average molecular weight is 383 g/mol. The number of nitrogens with one attached hydrogen (secondary N) is 1. The van der Waals surface area contributed by atoms with E-state index in [9.17, 15) is 24.5 Å². The van der Waals surface area contributed by atoms with Crippen molar-refractivity contribution in [3.8, 4) is 0 Å². The first-order valence-corrected chi connectivity index (χ1v) is 9.53. The number of nitro groups is 1. The van der Waals surface area contributed by atoms with Crippen molar-refractivity contribution in [3.05, 3.63) is 46.5 Å². The summed E-state index contributed by atoms with van der Waals surface area (Å²) in [5.41, 5.74) is 0.115. The minimum absolute atomic E-state index is 0.0637. The second-order valence-electron chi connectivity index (χ2n) is 7.61. The highest BCUT2D eigenvalue weighted by molar-refractivity contribution is 6.10. The van der Waals surface area contributed by atoms with E-state index in [2.05, 4.69) is 5.32 Å². The largest absolute Gasteiger partial charge is 0.324 e. The zero-order valence-corrected chi connectivity index (χ0v) is 15.4.